The van der Waals surface area contributed by atoms with Gasteiger partial charge in [0.2, 0.25) is 5.91 Å². The van der Waals surface area contributed by atoms with Crippen LogP contribution in [0.1, 0.15) is 6.42 Å². The molecule has 6 nitrogen and oxygen atoms in total. The van der Waals surface area contributed by atoms with E-state index in [1.807, 2.05) is 43.4 Å². The number of nitriles is 1. The standard InChI is InChI=1S/C21H18ClN5O/c1-27(2)19-3-4-24-10-17(19)12-5-13-8-20(25-11-16(13)18(22)7-12)26-21(28)15-6-14(15)9-23/h3-5,7-8,10-11,14-15H,6H2,1-2H3,(H,25,26,28). The molecule has 2 unspecified atom stereocenters. The summed E-state index contributed by atoms with van der Waals surface area (Å²) in [5.41, 5.74) is 2.93. The first-order valence-electron chi connectivity index (χ1n) is 8.89. The smallest absolute Gasteiger partial charge is 0.230 e. The number of hydrogen-bond acceptors (Lipinski definition) is 5. The molecule has 1 fully saturated rings. The zero-order valence-electron chi connectivity index (χ0n) is 15.5. The second-order valence-corrected chi connectivity index (χ2v) is 7.51. The molecule has 0 aliphatic heterocycles. The van der Waals surface area contributed by atoms with Gasteiger partial charge in [0.15, 0.2) is 0 Å². The van der Waals surface area contributed by atoms with Crippen LogP contribution in [-0.4, -0.2) is 30.0 Å². The Morgan fingerprint density at radius 2 is 2.14 bits per heavy atom. The Hall–Kier alpha value is -3.17. The molecule has 2 atom stereocenters. The number of hydrogen-bond donors (Lipinski definition) is 1. The van der Waals surface area contributed by atoms with Crippen LogP contribution >= 0.6 is 11.6 Å². The number of carbonyl (C=O) groups excluding carboxylic acids is 1. The van der Waals surface area contributed by atoms with E-state index in [1.54, 1.807) is 18.5 Å². The average Bonchev–Trinajstić information content (AvgIpc) is 3.47. The van der Waals surface area contributed by atoms with E-state index in [9.17, 15) is 4.79 Å². The van der Waals surface area contributed by atoms with Crippen LogP contribution < -0.4 is 10.2 Å². The number of pyridine rings is 2. The van der Waals surface area contributed by atoms with Gasteiger partial charge in [0.1, 0.15) is 5.82 Å². The fourth-order valence-electron chi connectivity index (χ4n) is 3.28. The quantitative estimate of drug-likeness (QED) is 0.723. The Balaban J connectivity index is 1.71. The lowest BCUT2D eigenvalue weighted by Gasteiger charge is -2.17. The highest BCUT2D eigenvalue weighted by Crippen LogP contribution is 2.39. The van der Waals surface area contributed by atoms with Crippen molar-refractivity contribution in [2.24, 2.45) is 11.8 Å². The largest absolute Gasteiger partial charge is 0.377 e. The Bertz CT molecular complexity index is 1120. The molecule has 1 aliphatic rings. The minimum Gasteiger partial charge on any atom is -0.377 e. The van der Waals surface area contributed by atoms with Gasteiger partial charge in [0.05, 0.1) is 22.9 Å². The van der Waals surface area contributed by atoms with Crippen molar-refractivity contribution >= 4 is 39.8 Å². The van der Waals surface area contributed by atoms with Crippen molar-refractivity contribution in [1.82, 2.24) is 9.97 Å². The van der Waals surface area contributed by atoms with Gasteiger partial charge < -0.3 is 10.2 Å². The highest BCUT2D eigenvalue weighted by molar-refractivity contribution is 6.36. The maximum atomic E-state index is 12.2. The van der Waals surface area contributed by atoms with Gasteiger partial charge >= 0.3 is 0 Å². The number of fused-ring (bicyclic) bond motifs is 1. The summed E-state index contributed by atoms with van der Waals surface area (Å²) in [4.78, 5) is 22.8. The van der Waals surface area contributed by atoms with Crippen LogP contribution in [-0.2, 0) is 4.79 Å². The lowest BCUT2D eigenvalue weighted by molar-refractivity contribution is -0.117. The van der Waals surface area contributed by atoms with Gasteiger partial charge in [-0.1, -0.05) is 11.6 Å². The summed E-state index contributed by atoms with van der Waals surface area (Å²) in [5, 5.41) is 14.0. The summed E-state index contributed by atoms with van der Waals surface area (Å²) in [5.74, 6) is -0.136. The van der Waals surface area contributed by atoms with E-state index in [4.69, 9.17) is 16.9 Å². The molecule has 140 valence electrons. The number of carbonyl (C=O) groups is 1. The van der Waals surface area contributed by atoms with E-state index >= 15 is 0 Å². The van der Waals surface area contributed by atoms with E-state index in [0.717, 1.165) is 27.6 Å². The third kappa shape index (κ3) is 3.37. The topological polar surface area (TPSA) is 81.9 Å². The average molecular weight is 392 g/mol. The summed E-state index contributed by atoms with van der Waals surface area (Å²) in [7, 11) is 3.96. The molecule has 3 aromatic rings. The zero-order chi connectivity index (χ0) is 19.8. The number of halogens is 1. The highest BCUT2D eigenvalue weighted by atomic mass is 35.5. The summed E-state index contributed by atoms with van der Waals surface area (Å²) in [6.07, 6.45) is 5.83. The van der Waals surface area contributed by atoms with Gasteiger partial charge in [-0.25, -0.2) is 4.98 Å². The Morgan fingerprint density at radius 1 is 1.32 bits per heavy atom. The van der Waals surface area contributed by atoms with Crippen LogP contribution in [0.2, 0.25) is 5.02 Å². The van der Waals surface area contributed by atoms with Gasteiger partial charge in [-0.2, -0.15) is 5.26 Å². The molecule has 1 aliphatic carbocycles. The van der Waals surface area contributed by atoms with E-state index in [0.29, 0.717) is 17.3 Å². The van der Waals surface area contributed by atoms with Crippen LogP contribution in [0.5, 0.6) is 0 Å². The third-order valence-electron chi connectivity index (χ3n) is 4.92. The SMILES string of the molecule is CN(C)c1ccncc1-c1cc(Cl)c2cnc(NC(=O)C3CC3C#N)cc2c1. The predicted molar refractivity (Wildman–Crippen MR) is 110 cm³/mol. The van der Waals surface area contributed by atoms with Crippen LogP contribution in [0.15, 0.2) is 42.9 Å². The number of nitrogens with one attached hydrogen (secondary N) is 1. The number of anilines is 2. The van der Waals surface area contributed by atoms with Gasteiger partial charge in [-0.05, 0) is 41.6 Å². The normalized spacial score (nSPS) is 17.8. The van der Waals surface area contributed by atoms with Crippen LogP contribution in [0.25, 0.3) is 21.9 Å². The van der Waals surface area contributed by atoms with Crippen molar-refractivity contribution < 1.29 is 4.79 Å². The Labute approximate surface area is 167 Å². The molecule has 1 amide bonds. The molecule has 0 spiro atoms. The zero-order valence-corrected chi connectivity index (χ0v) is 16.2. The molecule has 2 aromatic heterocycles. The summed E-state index contributed by atoms with van der Waals surface area (Å²) in [6.45, 7) is 0. The Kier molecular flexibility index (Phi) is 4.62. The maximum Gasteiger partial charge on any atom is 0.230 e. The number of nitrogens with zero attached hydrogens (tertiary/aromatic N) is 4. The summed E-state index contributed by atoms with van der Waals surface area (Å²) >= 11 is 6.50. The first kappa shape index (κ1) is 18.2. The molecule has 1 N–H and O–H groups in total. The number of benzene rings is 1. The first-order chi connectivity index (χ1) is 13.5. The molecule has 0 bridgehead atoms. The first-order valence-corrected chi connectivity index (χ1v) is 9.27. The van der Waals surface area contributed by atoms with E-state index in [-0.39, 0.29) is 17.7 Å². The van der Waals surface area contributed by atoms with Crippen molar-refractivity contribution in [1.29, 1.82) is 5.26 Å². The Morgan fingerprint density at radius 3 is 2.86 bits per heavy atom. The maximum absolute atomic E-state index is 12.2. The number of rotatable bonds is 4. The molecule has 4 rings (SSSR count). The summed E-state index contributed by atoms with van der Waals surface area (Å²) in [6, 6.07) is 9.79. The predicted octanol–water partition coefficient (Wildman–Crippen LogP) is 4.11. The van der Waals surface area contributed by atoms with Crippen LogP contribution in [0.3, 0.4) is 0 Å². The second kappa shape index (κ2) is 7.10. The van der Waals surface area contributed by atoms with Crippen molar-refractivity contribution in [2.45, 2.75) is 6.42 Å². The highest BCUT2D eigenvalue weighted by Gasteiger charge is 2.43. The van der Waals surface area contributed by atoms with Crippen molar-refractivity contribution in [3.8, 4) is 17.2 Å². The minimum atomic E-state index is -0.240. The second-order valence-electron chi connectivity index (χ2n) is 7.10. The molecule has 0 saturated heterocycles. The van der Waals surface area contributed by atoms with E-state index in [2.05, 4.69) is 21.4 Å². The third-order valence-corrected chi connectivity index (χ3v) is 5.23. The lowest BCUT2D eigenvalue weighted by atomic mass is 10.0. The number of aromatic nitrogens is 2. The molecule has 1 saturated carbocycles. The molecule has 1 aromatic carbocycles. The van der Waals surface area contributed by atoms with Gasteiger partial charge in [0, 0.05) is 49.3 Å². The molecule has 7 heteroatoms. The van der Waals surface area contributed by atoms with Gasteiger partial charge in [0.25, 0.3) is 0 Å². The van der Waals surface area contributed by atoms with Crippen molar-refractivity contribution in [3.05, 3.63) is 47.9 Å². The fourth-order valence-corrected chi connectivity index (χ4v) is 3.56. The van der Waals surface area contributed by atoms with E-state index < -0.39 is 0 Å². The van der Waals surface area contributed by atoms with Crippen molar-refractivity contribution in [3.63, 3.8) is 0 Å². The fraction of sp³-hybridized carbons (Fsp3) is 0.238. The molecular weight excluding hydrogens is 374 g/mol. The molecule has 0 radical (unpaired) electrons. The van der Waals surface area contributed by atoms with Gasteiger partial charge in [-0.3, -0.25) is 9.78 Å². The van der Waals surface area contributed by atoms with E-state index in [1.165, 1.54) is 0 Å². The molecular formula is C21H18ClN5O. The molecule has 28 heavy (non-hydrogen) atoms. The lowest BCUT2D eigenvalue weighted by Crippen LogP contribution is -2.15. The van der Waals surface area contributed by atoms with Crippen LogP contribution in [0.4, 0.5) is 11.5 Å². The van der Waals surface area contributed by atoms with Gasteiger partial charge in [-0.15, -0.1) is 0 Å². The number of amides is 1. The minimum absolute atomic E-state index is 0.164. The van der Waals surface area contributed by atoms with Crippen molar-refractivity contribution in [2.75, 3.05) is 24.3 Å². The summed E-state index contributed by atoms with van der Waals surface area (Å²) < 4.78 is 0. The van der Waals surface area contributed by atoms with Crippen LogP contribution in [0, 0.1) is 23.2 Å². The monoisotopic (exact) mass is 391 g/mol. The molecule has 2 heterocycles.